The summed E-state index contributed by atoms with van der Waals surface area (Å²) in [7, 11) is 2.28. The van der Waals surface area contributed by atoms with Crippen molar-refractivity contribution in [2.24, 2.45) is 7.05 Å². The molecule has 2 nitrogen and oxygen atoms in total. The van der Waals surface area contributed by atoms with Gasteiger partial charge in [-0.25, -0.2) is 0 Å². The van der Waals surface area contributed by atoms with Crippen molar-refractivity contribution in [1.82, 2.24) is 4.57 Å². The summed E-state index contributed by atoms with van der Waals surface area (Å²) in [5.41, 5.74) is 16.9. The molecule has 0 bridgehead atoms. The highest BCUT2D eigenvalue weighted by Crippen LogP contribution is 2.51. The van der Waals surface area contributed by atoms with E-state index < -0.39 is 0 Å². The lowest BCUT2D eigenvalue weighted by molar-refractivity contribution is 0.431. The molecule has 246 valence electrons. The van der Waals surface area contributed by atoms with Crippen LogP contribution < -0.4 is 4.90 Å². The number of rotatable bonds is 6. The third-order valence-electron chi connectivity index (χ3n) is 11.6. The van der Waals surface area contributed by atoms with Crippen LogP contribution in [0.25, 0.3) is 44.3 Å². The molecule has 1 heterocycles. The first-order valence-electron chi connectivity index (χ1n) is 18.4. The van der Waals surface area contributed by atoms with Gasteiger partial charge in [0.25, 0.3) is 0 Å². The molecule has 0 aliphatic heterocycles. The second-order valence-electron chi connectivity index (χ2n) is 14.9. The molecule has 50 heavy (non-hydrogen) atoms. The van der Waals surface area contributed by atoms with Crippen molar-refractivity contribution in [2.75, 3.05) is 4.90 Å². The van der Waals surface area contributed by atoms with Gasteiger partial charge in [0.05, 0.1) is 0 Å². The highest BCUT2D eigenvalue weighted by Gasteiger charge is 2.35. The van der Waals surface area contributed by atoms with Gasteiger partial charge in [-0.1, -0.05) is 136 Å². The van der Waals surface area contributed by atoms with Gasteiger partial charge in [-0.3, -0.25) is 0 Å². The lowest BCUT2D eigenvalue weighted by atomic mass is 9.82. The Balaban J connectivity index is 1.17. The van der Waals surface area contributed by atoms with Crippen molar-refractivity contribution in [3.8, 4) is 33.4 Å². The molecule has 1 fully saturated rings. The maximum Gasteiger partial charge on any atom is 0.0486 e. The molecule has 0 N–H and O–H groups in total. The van der Waals surface area contributed by atoms with Crippen LogP contribution in [0.15, 0.2) is 146 Å². The molecule has 9 rings (SSSR count). The van der Waals surface area contributed by atoms with E-state index in [4.69, 9.17) is 0 Å². The number of benzene rings is 6. The minimum atomic E-state index is -0.0709. The monoisotopic (exact) mass is 648 g/mol. The van der Waals surface area contributed by atoms with E-state index in [0.29, 0.717) is 5.92 Å². The molecule has 6 aromatic carbocycles. The fourth-order valence-corrected chi connectivity index (χ4v) is 9.06. The SMILES string of the molecule is Cn1c(C2CCCCC2)c(-c2ccc(N(c3ccc(-c4ccccc4)cc3)c3ccc4c(c3)C(C)(C)c3ccccc3-4)cc2)c2ccccc21. The van der Waals surface area contributed by atoms with Crippen LogP contribution >= 0.6 is 0 Å². The van der Waals surface area contributed by atoms with Crippen molar-refractivity contribution in [2.45, 2.75) is 57.3 Å². The smallest absolute Gasteiger partial charge is 0.0486 e. The zero-order chi connectivity index (χ0) is 33.8. The summed E-state index contributed by atoms with van der Waals surface area (Å²) in [6.45, 7) is 4.73. The first kappa shape index (κ1) is 30.7. The number of nitrogens with zero attached hydrogens (tertiary/aromatic N) is 2. The van der Waals surface area contributed by atoms with Gasteiger partial charge in [-0.05, 0) is 100 Å². The van der Waals surface area contributed by atoms with E-state index in [1.807, 2.05) is 0 Å². The molecular weight excluding hydrogens is 605 g/mol. The standard InChI is InChI=1S/C48H44N2/c1-48(2)43-20-12-10-18-40(43)41-31-30-39(32-44(41)48)50(37-26-22-34(23-27-37)33-14-6-4-7-15-33)38-28-24-35(25-29-38)46-42-19-11-13-21-45(42)49(3)47(46)36-16-8-5-9-17-36/h4,6-7,10-15,18-32,36H,5,8-9,16-17H2,1-3H3. The highest BCUT2D eigenvalue weighted by molar-refractivity contribution is 5.99. The van der Waals surface area contributed by atoms with E-state index in [1.165, 1.54) is 98.9 Å². The highest BCUT2D eigenvalue weighted by atomic mass is 15.1. The van der Waals surface area contributed by atoms with Crippen molar-refractivity contribution in [3.05, 3.63) is 162 Å². The van der Waals surface area contributed by atoms with Crippen LogP contribution in [0, 0.1) is 0 Å². The fraction of sp³-hybridized carbons (Fsp3) is 0.208. The molecule has 2 aliphatic rings. The van der Waals surface area contributed by atoms with E-state index >= 15 is 0 Å². The molecule has 0 radical (unpaired) electrons. The maximum atomic E-state index is 2.49. The average molecular weight is 649 g/mol. The van der Waals surface area contributed by atoms with Crippen LogP contribution in [0.2, 0.25) is 0 Å². The van der Waals surface area contributed by atoms with Gasteiger partial charge in [0.1, 0.15) is 0 Å². The predicted molar refractivity (Wildman–Crippen MR) is 212 cm³/mol. The molecule has 0 spiro atoms. The van der Waals surface area contributed by atoms with Crippen molar-refractivity contribution >= 4 is 28.0 Å². The van der Waals surface area contributed by atoms with Crippen LogP contribution in [0.4, 0.5) is 17.1 Å². The van der Waals surface area contributed by atoms with E-state index in [1.54, 1.807) is 0 Å². The van der Waals surface area contributed by atoms with Gasteiger partial charge in [0, 0.05) is 51.7 Å². The summed E-state index contributed by atoms with van der Waals surface area (Å²) in [4.78, 5) is 2.43. The summed E-state index contributed by atoms with van der Waals surface area (Å²) in [5, 5.41) is 1.36. The molecule has 0 amide bonds. The van der Waals surface area contributed by atoms with E-state index in [-0.39, 0.29) is 5.41 Å². The molecule has 2 aliphatic carbocycles. The van der Waals surface area contributed by atoms with Crippen LogP contribution in [0.1, 0.15) is 68.7 Å². The Morgan fingerprint density at radius 2 is 1.12 bits per heavy atom. The number of para-hydroxylation sites is 1. The van der Waals surface area contributed by atoms with Gasteiger partial charge in [-0.15, -0.1) is 0 Å². The third-order valence-corrected chi connectivity index (χ3v) is 11.6. The molecule has 0 unspecified atom stereocenters. The zero-order valence-electron chi connectivity index (χ0n) is 29.4. The van der Waals surface area contributed by atoms with Crippen LogP contribution in [-0.4, -0.2) is 4.57 Å². The lowest BCUT2D eigenvalue weighted by Gasteiger charge is -2.28. The molecule has 0 atom stereocenters. The first-order chi connectivity index (χ1) is 24.5. The summed E-state index contributed by atoms with van der Waals surface area (Å²) < 4.78 is 2.49. The van der Waals surface area contributed by atoms with E-state index in [9.17, 15) is 0 Å². The largest absolute Gasteiger partial charge is 0.347 e. The number of anilines is 3. The van der Waals surface area contributed by atoms with Gasteiger partial charge >= 0.3 is 0 Å². The predicted octanol–water partition coefficient (Wildman–Crippen LogP) is 13.3. The second kappa shape index (κ2) is 12.2. The lowest BCUT2D eigenvalue weighted by Crippen LogP contribution is -2.16. The fourth-order valence-electron chi connectivity index (χ4n) is 9.06. The Labute approximate surface area is 296 Å². The van der Waals surface area contributed by atoms with Gasteiger partial charge in [0.15, 0.2) is 0 Å². The quantitative estimate of drug-likeness (QED) is 0.174. The van der Waals surface area contributed by atoms with Gasteiger partial charge in [0.2, 0.25) is 0 Å². The summed E-state index contributed by atoms with van der Waals surface area (Å²) in [5.74, 6) is 0.606. The Bertz CT molecular complexity index is 2320. The summed E-state index contributed by atoms with van der Waals surface area (Å²) in [6.07, 6.45) is 6.57. The van der Waals surface area contributed by atoms with E-state index in [0.717, 1.165) is 11.4 Å². The Kier molecular flexibility index (Phi) is 7.50. The van der Waals surface area contributed by atoms with Crippen molar-refractivity contribution in [3.63, 3.8) is 0 Å². The Morgan fingerprint density at radius 3 is 1.86 bits per heavy atom. The third kappa shape index (κ3) is 5.00. The molecule has 2 heteroatoms. The van der Waals surface area contributed by atoms with Gasteiger partial charge < -0.3 is 9.47 Å². The molecule has 0 saturated heterocycles. The Morgan fingerprint density at radius 1 is 0.540 bits per heavy atom. The average Bonchev–Trinajstić information content (AvgIpc) is 3.60. The maximum absolute atomic E-state index is 2.49. The molecular formula is C48H44N2. The minimum Gasteiger partial charge on any atom is -0.347 e. The first-order valence-corrected chi connectivity index (χ1v) is 18.4. The number of aromatic nitrogens is 1. The van der Waals surface area contributed by atoms with E-state index in [2.05, 4.69) is 176 Å². The van der Waals surface area contributed by atoms with Crippen molar-refractivity contribution < 1.29 is 0 Å². The molecule has 7 aromatic rings. The van der Waals surface area contributed by atoms with Crippen LogP contribution in [0.5, 0.6) is 0 Å². The van der Waals surface area contributed by atoms with Crippen molar-refractivity contribution in [1.29, 1.82) is 0 Å². The number of hydrogen-bond donors (Lipinski definition) is 0. The normalized spacial score (nSPS) is 15.2. The number of aryl methyl sites for hydroxylation is 1. The molecule has 1 aromatic heterocycles. The Hall–Kier alpha value is -5.34. The zero-order valence-corrected chi connectivity index (χ0v) is 29.4. The topological polar surface area (TPSA) is 8.17 Å². The molecule has 1 saturated carbocycles. The summed E-state index contributed by atoms with van der Waals surface area (Å²) >= 11 is 0. The second-order valence-corrected chi connectivity index (χ2v) is 14.9. The minimum absolute atomic E-state index is 0.0709. The number of hydrogen-bond acceptors (Lipinski definition) is 1. The summed E-state index contributed by atoms with van der Waals surface area (Å²) in [6, 6.07) is 54.1. The van der Waals surface area contributed by atoms with Gasteiger partial charge in [-0.2, -0.15) is 0 Å². The number of fused-ring (bicyclic) bond motifs is 4. The van der Waals surface area contributed by atoms with Crippen LogP contribution in [-0.2, 0) is 12.5 Å². The van der Waals surface area contributed by atoms with Crippen LogP contribution in [0.3, 0.4) is 0 Å².